The maximum atomic E-state index is 4.76. The number of benzene rings is 1. The summed E-state index contributed by atoms with van der Waals surface area (Å²) in [5.74, 6) is 0. The van der Waals surface area contributed by atoms with Gasteiger partial charge >= 0.3 is 0 Å². The van der Waals surface area contributed by atoms with Gasteiger partial charge in [0.15, 0.2) is 0 Å². The summed E-state index contributed by atoms with van der Waals surface area (Å²) >= 11 is 1.72. The van der Waals surface area contributed by atoms with Gasteiger partial charge in [0, 0.05) is 22.3 Å². The molecule has 0 radical (unpaired) electrons. The van der Waals surface area contributed by atoms with E-state index in [1.54, 1.807) is 11.3 Å². The number of nitrogens with zero attached hydrogens (tertiary/aromatic N) is 2. The molecule has 0 fully saturated rings. The summed E-state index contributed by atoms with van der Waals surface area (Å²) in [6, 6.07) is 12.9. The summed E-state index contributed by atoms with van der Waals surface area (Å²) in [5.41, 5.74) is 6.18. The maximum absolute atomic E-state index is 4.76. The summed E-state index contributed by atoms with van der Waals surface area (Å²) in [6.07, 6.45) is 0. The molecule has 2 nitrogen and oxygen atoms in total. The average Bonchev–Trinajstić information content (AvgIpc) is 3.02. The predicted octanol–water partition coefficient (Wildman–Crippen LogP) is 4.59. The summed E-state index contributed by atoms with van der Waals surface area (Å²) in [4.78, 5) is 4.76. The normalized spacial score (nSPS) is 10.9. The van der Waals surface area contributed by atoms with Gasteiger partial charge in [0.1, 0.15) is 5.01 Å². The van der Waals surface area contributed by atoms with Crippen LogP contribution in [0.15, 0.2) is 41.8 Å². The molecule has 0 unspecified atom stereocenters. The third-order valence-electron chi connectivity index (χ3n) is 3.59. The zero-order valence-electron chi connectivity index (χ0n) is 12.1. The van der Waals surface area contributed by atoms with Gasteiger partial charge in [-0.25, -0.2) is 4.98 Å². The zero-order chi connectivity index (χ0) is 14.1. The smallest absolute Gasteiger partial charge is 0.123 e. The first-order valence-electron chi connectivity index (χ1n) is 6.77. The fraction of sp³-hybridized carbons (Fsp3) is 0.235. The summed E-state index contributed by atoms with van der Waals surface area (Å²) in [6.45, 7) is 7.24. The van der Waals surface area contributed by atoms with E-state index in [9.17, 15) is 0 Å². The van der Waals surface area contributed by atoms with Crippen LogP contribution in [0.1, 0.15) is 22.6 Å². The highest BCUT2D eigenvalue weighted by molar-refractivity contribution is 7.13. The molecule has 20 heavy (non-hydrogen) atoms. The molecule has 102 valence electrons. The van der Waals surface area contributed by atoms with Crippen LogP contribution >= 0.6 is 11.3 Å². The minimum atomic E-state index is 0.854. The first-order valence-corrected chi connectivity index (χ1v) is 7.65. The summed E-state index contributed by atoms with van der Waals surface area (Å²) in [7, 11) is 0. The molecule has 0 aliphatic heterocycles. The van der Waals surface area contributed by atoms with E-state index in [1.807, 2.05) is 0 Å². The molecule has 0 amide bonds. The molecule has 0 aliphatic rings. The molecule has 0 saturated carbocycles. The van der Waals surface area contributed by atoms with Gasteiger partial charge < -0.3 is 4.57 Å². The molecule has 0 saturated heterocycles. The number of aryl methyl sites for hydroxylation is 3. The number of aromatic nitrogens is 2. The zero-order valence-corrected chi connectivity index (χ0v) is 12.9. The standard InChI is InChI=1S/C17H18N2S/c1-12-4-8-15(9-5-12)17-18-16(11-20-17)10-19-13(2)6-7-14(19)3/h4-9,11H,10H2,1-3H3. The minimum absolute atomic E-state index is 0.854. The Hall–Kier alpha value is -1.87. The Balaban J connectivity index is 1.85. The van der Waals surface area contributed by atoms with Gasteiger partial charge in [-0.1, -0.05) is 29.8 Å². The van der Waals surface area contributed by atoms with E-state index in [0.29, 0.717) is 0 Å². The third-order valence-corrected chi connectivity index (χ3v) is 4.53. The number of hydrogen-bond donors (Lipinski definition) is 0. The van der Waals surface area contributed by atoms with Gasteiger partial charge in [0.05, 0.1) is 12.2 Å². The van der Waals surface area contributed by atoms with Crippen LogP contribution < -0.4 is 0 Å². The Morgan fingerprint density at radius 2 is 1.60 bits per heavy atom. The van der Waals surface area contributed by atoms with Crippen molar-refractivity contribution in [3.05, 3.63) is 64.4 Å². The predicted molar refractivity (Wildman–Crippen MR) is 85.3 cm³/mol. The van der Waals surface area contributed by atoms with Crippen molar-refractivity contribution >= 4 is 11.3 Å². The third kappa shape index (κ3) is 2.54. The van der Waals surface area contributed by atoms with Crippen LogP contribution in [0.3, 0.4) is 0 Å². The monoisotopic (exact) mass is 282 g/mol. The molecule has 0 N–H and O–H groups in total. The van der Waals surface area contributed by atoms with Crippen LogP contribution in [0, 0.1) is 20.8 Å². The molecule has 3 heteroatoms. The lowest BCUT2D eigenvalue weighted by molar-refractivity contribution is 0.735. The average molecular weight is 282 g/mol. The highest BCUT2D eigenvalue weighted by atomic mass is 32.1. The fourth-order valence-electron chi connectivity index (χ4n) is 2.32. The van der Waals surface area contributed by atoms with Crippen molar-refractivity contribution in [2.45, 2.75) is 27.3 Å². The summed E-state index contributed by atoms with van der Waals surface area (Å²) in [5, 5.41) is 3.26. The number of rotatable bonds is 3. The van der Waals surface area contributed by atoms with E-state index in [2.05, 4.69) is 67.1 Å². The van der Waals surface area contributed by atoms with Gasteiger partial charge in [-0.15, -0.1) is 11.3 Å². The lowest BCUT2D eigenvalue weighted by Gasteiger charge is -2.06. The molecule has 2 aromatic heterocycles. The van der Waals surface area contributed by atoms with Crippen LogP contribution in [0.2, 0.25) is 0 Å². The Labute approximate surface area is 123 Å². The van der Waals surface area contributed by atoms with Gasteiger partial charge in [-0.05, 0) is 32.9 Å². The lowest BCUT2D eigenvalue weighted by Crippen LogP contribution is -2.03. The lowest BCUT2D eigenvalue weighted by atomic mass is 10.2. The molecule has 0 aliphatic carbocycles. The van der Waals surface area contributed by atoms with E-state index >= 15 is 0 Å². The van der Waals surface area contributed by atoms with Crippen molar-refractivity contribution in [3.8, 4) is 10.6 Å². The van der Waals surface area contributed by atoms with Crippen LogP contribution in [-0.2, 0) is 6.54 Å². The van der Waals surface area contributed by atoms with E-state index in [1.165, 1.54) is 22.5 Å². The fourth-order valence-corrected chi connectivity index (χ4v) is 3.14. The van der Waals surface area contributed by atoms with Crippen molar-refractivity contribution in [2.24, 2.45) is 0 Å². The van der Waals surface area contributed by atoms with E-state index < -0.39 is 0 Å². The molecule has 1 aromatic carbocycles. The van der Waals surface area contributed by atoms with Crippen LogP contribution in [0.5, 0.6) is 0 Å². The Morgan fingerprint density at radius 3 is 2.25 bits per heavy atom. The quantitative estimate of drug-likeness (QED) is 0.687. The van der Waals surface area contributed by atoms with Crippen molar-refractivity contribution in [3.63, 3.8) is 0 Å². The molecule has 3 rings (SSSR count). The van der Waals surface area contributed by atoms with Crippen molar-refractivity contribution < 1.29 is 0 Å². The maximum Gasteiger partial charge on any atom is 0.123 e. The van der Waals surface area contributed by atoms with E-state index in [0.717, 1.165) is 17.2 Å². The largest absolute Gasteiger partial charge is 0.343 e. The van der Waals surface area contributed by atoms with E-state index in [4.69, 9.17) is 4.98 Å². The van der Waals surface area contributed by atoms with Gasteiger partial charge in [-0.3, -0.25) is 0 Å². The molecule has 0 bridgehead atoms. The Bertz CT molecular complexity index is 700. The van der Waals surface area contributed by atoms with Crippen molar-refractivity contribution in [2.75, 3.05) is 0 Å². The molecule has 0 spiro atoms. The second-order valence-electron chi connectivity index (χ2n) is 5.21. The molecular formula is C17H18N2S. The van der Waals surface area contributed by atoms with Crippen LogP contribution in [-0.4, -0.2) is 9.55 Å². The van der Waals surface area contributed by atoms with Gasteiger partial charge in [0.25, 0.3) is 0 Å². The first-order chi connectivity index (χ1) is 9.63. The first kappa shape index (κ1) is 13.1. The van der Waals surface area contributed by atoms with Crippen molar-refractivity contribution in [1.82, 2.24) is 9.55 Å². The topological polar surface area (TPSA) is 17.8 Å². The molecule has 0 atom stereocenters. The summed E-state index contributed by atoms with van der Waals surface area (Å²) < 4.78 is 2.30. The Morgan fingerprint density at radius 1 is 0.950 bits per heavy atom. The van der Waals surface area contributed by atoms with E-state index in [-0.39, 0.29) is 0 Å². The number of thiazole rings is 1. The van der Waals surface area contributed by atoms with Crippen LogP contribution in [0.4, 0.5) is 0 Å². The molecular weight excluding hydrogens is 264 g/mol. The van der Waals surface area contributed by atoms with Crippen molar-refractivity contribution in [1.29, 1.82) is 0 Å². The molecule has 3 aromatic rings. The minimum Gasteiger partial charge on any atom is -0.343 e. The molecule has 2 heterocycles. The SMILES string of the molecule is Cc1ccc(-c2nc(Cn3c(C)ccc3C)cs2)cc1. The highest BCUT2D eigenvalue weighted by Crippen LogP contribution is 2.24. The highest BCUT2D eigenvalue weighted by Gasteiger charge is 2.07. The second kappa shape index (κ2) is 5.25. The van der Waals surface area contributed by atoms with Crippen LogP contribution in [0.25, 0.3) is 10.6 Å². The van der Waals surface area contributed by atoms with Gasteiger partial charge in [0.2, 0.25) is 0 Å². The van der Waals surface area contributed by atoms with Gasteiger partial charge in [-0.2, -0.15) is 0 Å². The second-order valence-corrected chi connectivity index (χ2v) is 6.07. The number of hydrogen-bond acceptors (Lipinski definition) is 2. The Kier molecular flexibility index (Phi) is 3.45.